The number of hydrogen-bond acceptors (Lipinski definition) is 5. The molecule has 0 aliphatic heterocycles. The van der Waals surface area contributed by atoms with Crippen LogP contribution >= 0.6 is 34.8 Å². The van der Waals surface area contributed by atoms with Crippen LogP contribution in [0, 0.1) is 0 Å². The summed E-state index contributed by atoms with van der Waals surface area (Å²) in [6.07, 6.45) is 1.41. The van der Waals surface area contributed by atoms with Crippen molar-refractivity contribution < 1.29 is 9.59 Å². The maximum atomic E-state index is 12.1. The van der Waals surface area contributed by atoms with Gasteiger partial charge in [0, 0.05) is 12.6 Å². The molecule has 1 aromatic heterocycles. The first-order valence-corrected chi connectivity index (χ1v) is 7.94. The average Bonchev–Trinajstić information content (AvgIpc) is 2.57. The molecule has 2 rings (SSSR count). The second kappa shape index (κ2) is 8.15. The minimum Gasteiger partial charge on any atom is -0.396 e. The summed E-state index contributed by atoms with van der Waals surface area (Å²) in [4.78, 5) is 26.8. The van der Waals surface area contributed by atoms with E-state index in [0.717, 1.165) is 0 Å². The van der Waals surface area contributed by atoms with Crippen molar-refractivity contribution in [2.45, 2.75) is 6.92 Å². The number of halogens is 3. The van der Waals surface area contributed by atoms with Crippen LogP contribution in [0.3, 0.4) is 0 Å². The number of rotatable bonds is 4. The number of pyridine rings is 1. The lowest BCUT2D eigenvalue weighted by Crippen LogP contribution is -2.20. The van der Waals surface area contributed by atoms with E-state index in [9.17, 15) is 9.59 Å². The fourth-order valence-electron chi connectivity index (χ4n) is 1.76. The minimum atomic E-state index is -0.693. The highest BCUT2D eigenvalue weighted by molar-refractivity contribution is 6.46. The van der Waals surface area contributed by atoms with Gasteiger partial charge in [-0.05, 0) is 17.7 Å². The number of nitrogen functional groups attached to an aromatic ring is 1. The Morgan fingerprint density at radius 1 is 1.16 bits per heavy atom. The molecule has 0 saturated carbocycles. The van der Waals surface area contributed by atoms with Gasteiger partial charge in [0.25, 0.3) is 5.91 Å². The summed E-state index contributed by atoms with van der Waals surface area (Å²) in [6.45, 7) is 1.42. The van der Waals surface area contributed by atoms with Crippen LogP contribution in [0.5, 0.6) is 0 Å². The van der Waals surface area contributed by atoms with Crippen LogP contribution in [0.2, 0.25) is 15.2 Å². The van der Waals surface area contributed by atoms with Crippen molar-refractivity contribution in [3.05, 3.63) is 50.7 Å². The van der Waals surface area contributed by atoms with E-state index in [0.29, 0.717) is 11.3 Å². The monoisotopic (exact) mass is 399 g/mol. The van der Waals surface area contributed by atoms with Crippen molar-refractivity contribution in [1.82, 2.24) is 10.4 Å². The van der Waals surface area contributed by atoms with Crippen LogP contribution < -0.4 is 16.5 Å². The van der Waals surface area contributed by atoms with Crippen LogP contribution in [0.15, 0.2) is 29.4 Å². The van der Waals surface area contributed by atoms with Gasteiger partial charge in [0.15, 0.2) is 10.8 Å². The van der Waals surface area contributed by atoms with E-state index in [2.05, 4.69) is 20.8 Å². The molecular weight excluding hydrogens is 389 g/mol. The molecule has 4 N–H and O–H groups in total. The Morgan fingerprint density at radius 3 is 2.40 bits per heavy atom. The lowest BCUT2D eigenvalue weighted by Gasteiger charge is -2.07. The molecule has 0 fully saturated rings. The average molecular weight is 401 g/mol. The topological polar surface area (TPSA) is 109 Å². The molecule has 10 heteroatoms. The van der Waals surface area contributed by atoms with Crippen LogP contribution in [0.1, 0.15) is 23.0 Å². The van der Waals surface area contributed by atoms with Gasteiger partial charge in [0.1, 0.15) is 5.02 Å². The van der Waals surface area contributed by atoms with E-state index < -0.39 is 5.91 Å². The second-order valence-electron chi connectivity index (χ2n) is 4.80. The smallest absolute Gasteiger partial charge is 0.291 e. The highest BCUT2D eigenvalue weighted by Gasteiger charge is 2.19. The van der Waals surface area contributed by atoms with Gasteiger partial charge in [-0.15, -0.1) is 0 Å². The summed E-state index contributed by atoms with van der Waals surface area (Å²) >= 11 is 17.5. The Kier molecular flexibility index (Phi) is 6.19. The van der Waals surface area contributed by atoms with Crippen molar-refractivity contribution >= 4 is 64.2 Å². The Bertz CT molecular complexity index is 853. The van der Waals surface area contributed by atoms with Gasteiger partial charge in [-0.25, -0.2) is 10.4 Å². The van der Waals surface area contributed by atoms with Crippen LogP contribution in [0.4, 0.5) is 11.4 Å². The number of nitrogens with zero attached hydrogens (tertiary/aromatic N) is 2. The first-order valence-electron chi connectivity index (χ1n) is 6.80. The molecule has 0 unspecified atom stereocenters. The second-order valence-corrected chi connectivity index (χ2v) is 5.91. The normalized spacial score (nSPS) is 10.7. The van der Waals surface area contributed by atoms with E-state index in [-0.39, 0.29) is 32.5 Å². The lowest BCUT2D eigenvalue weighted by molar-refractivity contribution is -0.114. The third kappa shape index (κ3) is 4.82. The molecule has 0 aliphatic rings. The number of nitrogens with one attached hydrogen (secondary N) is 2. The molecule has 0 atom stereocenters. The van der Waals surface area contributed by atoms with Gasteiger partial charge in [0.2, 0.25) is 5.91 Å². The highest BCUT2D eigenvalue weighted by atomic mass is 35.5. The molecule has 130 valence electrons. The van der Waals surface area contributed by atoms with Gasteiger partial charge in [0.05, 0.1) is 16.9 Å². The number of amides is 2. The third-order valence-electron chi connectivity index (χ3n) is 2.90. The third-order valence-corrected chi connectivity index (χ3v) is 4.03. The van der Waals surface area contributed by atoms with Gasteiger partial charge in [-0.3, -0.25) is 9.59 Å². The van der Waals surface area contributed by atoms with E-state index in [1.165, 1.54) is 13.1 Å². The molecule has 1 aromatic carbocycles. The van der Waals surface area contributed by atoms with Gasteiger partial charge in [-0.1, -0.05) is 46.9 Å². The van der Waals surface area contributed by atoms with Crippen molar-refractivity contribution in [3.8, 4) is 0 Å². The number of aromatic nitrogens is 1. The molecule has 0 bridgehead atoms. The summed E-state index contributed by atoms with van der Waals surface area (Å²) in [6, 6.07) is 6.82. The molecule has 1 heterocycles. The first kappa shape index (κ1) is 19.0. The Balaban J connectivity index is 2.07. The molecule has 0 saturated heterocycles. The SMILES string of the molecule is CC(=O)Nc1ccc(/C=N\NC(=O)c2nc(Cl)c(Cl)c(N)c2Cl)cc1. The molecule has 0 radical (unpaired) electrons. The number of carbonyl (C=O) groups excluding carboxylic acids is 2. The predicted molar refractivity (Wildman–Crippen MR) is 99.5 cm³/mol. The number of hydrogen-bond donors (Lipinski definition) is 3. The molecule has 7 nitrogen and oxygen atoms in total. The zero-order valence-corrected chi connectivity index (χ0v) is 15.1. The quantitative estimate of drug-likeness (QED) is 0.415. The predicted octanol–water partition coefficient (Wildman–Crippen LogP) is 3.35. The molecule has 2 aromatic rings. The van der Waals surface area contributed by atoms with Gasteiger partial charge >= 0.3 is 0 Å². The number of nitrogens with two attached hydrogens (primary N) is 1. The van der Waals surface area contributed by atoms with E-state index in [1.54, 1.807) is 24.3 Å². The van der Waals surface area contributed by atoms with Gasteiger partial charge < -0.3 is 11.1 Å². The first-order chi connectivity index (χ1) is 11.8. The number of hydrazone groups is 1. The minimum absolute atomic E-state index is 0.0222. The maximum absolute atomic E-state index is 12.1. The summed E-state index contributed by atoms with van der Waals surface area (Å²) in [7, 11) is 0. The Hall–Kier alpha value is -2.35. The summed E-state index contributed by atoms with van der Waals surface area (Å²) < 4.78 is 0. The zero-order valence-electron chi connectivity index (χ0n) is 12.8. The standard InChI is InChI=1S/C15H12Cl3N5O2/c1-7(24)21-9-4-2-8(3-5-9)6-20-23-15(25)13-10(16)12(19)11(17)14(18)22-13/h2-6H,1H3,(H2,19,22)(H,21,24)(H,23,25)/b20-6-. The number of benzene rings is 1. The van der Waals surface area contributed by atoms with Crippen molar-refractivity contribution in [2.24, 2.45) is 5.10 Å². The van der Waals surface area contributed by atoms with E-state index >= 15 is 0 Å². The van der Waals surface area contributed by atoms with E-state index in [4.69, 9.17) is 40.5 Å². The number of anilines is 2. The van der Waals surface area contributed by atoms with Crippen LogP contribution in [-0.2, 0) is 4.79 Å². The fraction of sp³-hybridized carbons (Fsp3) is 0.0667. The van der Waals surface area contributed by atoms with E-state index in [1.807, 2.05) is 0 Å². The molecule has 0 spiro atoms. The lowest BCUT2D eigenvalue weighted by atomic mass is 10.2. The fourth-order valence-corrected chi connectivity index (χ4v) is 2.35. The molecular formula is C15H12Cl3N5O2. The molecule has 25 heavy (non-hydrogen) atoms. The Morgan fingerprint density at radius 2 is 1.80 bits per heavy atom. The van der Waals surface area contributed by atoms with Crippen LogP contribution in [0.25, 0.3) is 0 Å². The van der Waals surface area contributed by atoms with Crippen molar-refractivity contribution in [3.63, 3.8) is 0 Å². The summed E-state index contributed by atoms with van der Waals surface area (Å²) in [5.74, 6) is -0.861. The van der Waals surface area contributed by atoms with Crippen LogP contribution in [-0.4, -0.2) is 23.0 Å². The molecule has 2 amide bonds. The molecule has 0 aliphatic carbocycles. The largest absolute Gasteiger partial charge is 0.396 e. The number of carbonyl (C=O) groups is 2. The summed E-state index contributed by atoms with van der Waals surface area (Å²) in [5, 5.41) is 6.18. The highest BCUT2D eigenvalue weighted by Crippen LogP contribution is 2.34. The zero-order chi connectivity index (χ0) is 18.6. The van der Waals surface area contributed by atoms with Gasteiger partial charge in [-0.2, -0.15) is 5.10 Å². The summed E-state index contributed by atoms with van der Waals surface area (Å²) in [5.41, 5.74) is 9.04. The Labute approximate surface area is 158 Å². The van der Waals surface area contributed by atoms with Crippen molar-refractivity contribution in [1.29, 1.82) is 0 Å². The van der Waals surface area contributed by atoms with Crippen molar-refractivity contribution in [2.75, 3.05) is 11.1 Å². The maximum Gasteiger partial charge on any atom is 0.291 e.